The van der Waals surface area contributed by atoms with Gasteiger partial charge in [0, 0.05) is 17.8 Å². The lowest BCUT2D eigenvalue weighted by Crippen LogP contribution is -2.27. The fourth-order valence-electron chi connectivity index (χ4n) is 2.72. The molecule has 1 N–H and O–H groups in total. The number of hydrogen-bond acceptors (Lipinski definition) is 4. The number of thiazole rings is 1. The zero-order chi connectivity index (χ0) is 16.8. The maximum absolute atomic E-state index is 12.1. The molecule has 0 fully saturated rings. The largest absolute Gasteiger partial charge is 0.469 e. The summed E-state index contributed by atoms with van der Waals surface area (Å²) in [6.07, 6.45) is 2.81. The average molecular weight is 340 g/mol. The third kappa shape index (κ3) is 4.32. The second-order valence-corrected chi connectivity index (χ2v) is 6.71. The highest BCUT2D eigenvalue weighted by Crippen LogP contribution is 2.27. The van der Waals surface area contributed by atoms with Gasteiger partial charge >= 0.3 is 0 Å². The summed E-state index contributed by atoms with van der Waals surface area (Å²) in [7, 11) is 0. The Labute approximate surface area is 145 Å². The van der Waals surface area contributed by atoms with E-state index in [1.165, 1.54) is 5.56 Å². The zero-order valence-electron chi connectivity index (χ0n) is 13.6. The summed E-state index contributed by atoms with van der Waals surface area (Å²) in [4.78, 5) is 16.4. The molecule has 1 aromatic carbocycles. The fourth-order valence-corrected chi connectivity index (χ4v) is 3.33. The van der Waals surface area contributed by atoms with Gasteiger partial charge in [0.2, 0.25) is 5.91 Å². The number of carbonyl (C=O) groups excluding carboxylic acids is 1. The van der Waals surface area contributed by atoms with Crippen LogP contribution in [0.3, 0.4) is 0 Å². The molecule has 3 rings (SSSR count). The molecule has 0 saturated heterocycles. The van der Waals surface area contributed by atoms with Crippen molar-refractivity contribution in [1.82, 2.24) is 10.3 Å². The Balaban J connectivity index is 1.57. The number of rotatable bonds is 7. The first-order chi connectivity index (χ1) is 11.7. The predicted molar refractivity (Wildman–Crippen MR) is 95.2 cm³/mol. The van der Waals surface area contributed by atoms with Crippen LogP contribution in [0.2, 0.25) is 0 Å². The number of amides is 1. The standard InChI is InChI=1S/C19H20N2O2S/c1-14-21-16(13-24-14)12-19(22)20-10-9-17(18-8-5-11-23-18)15-6-3-2-4-7-15/h2-8,11,13,17H,9-10,12H2,1H3,(H,20,22)/t17-/m0/s1. The van der Waals surface area contributed by atoms with Crippen molar-refractivity contribution in [2.24, 2.45) is 0 Å². The summed E-state index contributed by atoms with van der Waals surface area (Å²) < 4.78 is 5.58. The van der Waals surface area contributed by atoms with Crippen LogP contribution in [0.5, 0.6) is 0 Å². The first-order valence-electron chi connectivity index (χ1n) is 7.98. The maximum atomic E-state index is 12.1. The molecule has 0 aliphatic heterocycles. The lowest BCUT2D eigenvalue weighted by atomic mass is 9.93. The van der Waals surface area contributed by atoms with E-state index in [-0.39, 0.29) is 11.8 Å². The molecule has 0 saturated carbocycles. The highest BCUT2D eigenvalue weighted by Gasteiger charge is 2.17. The minimum absolute atomic E-state index is 0.00607. The van der Waals surface area contributed by atoms with E-state index in [1.807, 2.05) is 42.6 Å². The minimum Gasteiger partial charge on any atom is -0.469 e. The zero-order valence-corrected chi connectivity index (χ0v) is 14.4. The van der Waals surface area contributed by atoms with Crippen LogP contribution in [0.1, 0.15) is 34.4 Å². The van der Waals surface area contributed by atoms with Crippen molar-refractivity contribution in [2.45, 2.75) is 25.7 Å². The Morgan fingerprint density at radius 1 is 1.25 bits per heavy atom. The van der Waals surface area contributed by atoms with Gasteiger partial charge in [-0.3, -0.25) is 4.79 Å². The van der Waals surface area contributed by atoms with Gasteiger partial charge in [-0.25, -0.2) is 4.98 Å². The van der Waals surface area contributed by atoms with Gasteiger partial charge in [-0.2, -0.15) is 0 Å². The highest BCUT2D eigenvalue weighted by atomic mass is 32.1. The normalized spacial score (nSPS) is 12.0. The molecule has 2 heterocycles. The van der Waals surface area contributed by atoms with Crippen molar-refractivity contribution in [1.29, 1.82) is 0 Å². The van der Waals surface area contributed by atoms with E-state index in [1.54, 1.807) is 17.6 Å². The van der Waals surface area contributed by atoms with Crippen molar-refractivity contribution < 1.29 is 9.21 Å². The molecule has 24 heavy (non-hydrogen) atoms. The first-order valence-corrected chi connectivity index (χ1v) is 8.86. The molecule has 5 heteroatoms. The van der Waals surface area contributed by atoms with Gasteiger partial charge in [0.25, 0.3) is 0 Å². The SMILES string of the molecule is Cc1nc(CC(=O)NCC[C@@H](c2ccccc2)c2ccco2)cs1. The van der Waals surface area contributed by atoms with E-state index < -0.39 is 0 Å². The van der Waals surface area contributed by atoms with Crippen LogP contribution in [0.15, 0.2) is 58.5 Å². The van der Waals surface area contributed by atoms with Gasteiger partial charge in [-0.1, -0.05) is 30.3 Å². The molecule has 4 nitrogen and oxygen atoms in total. The fraction of sp³-hybridized carbons (Fsp3) is 0.263. The number of benzene rings is 1. The summed E-state index contributed by atoms with van der Waals surface area (Å²) in [5.41, 5.74) is 2.03. The van der Waals surface area contributed by atoms with E-state index in [2.05, 4.69) is 22.4 Å². The van der Waals surface area contributed by atoms with Crippen LogP contribution in [0.4, 0.5) is 0 Å². The van der Waals surface area contributed by atoms with E-state index in [0.717, 1.165) is 22.9 Å². The van der Waals surface area contributed by atoms with Crippen molar-refractivity contribution in [3.8, 4) is 0 Å². The van der Waals surface area contributed by atoms with Crippen LogP contribution in [-0.4, -0.2) is 17.4 Å². The number of aromatic nitrogens is 1. The Morgan fingerprint density at radius 2 is 2.08 bits per heavy atom. The van der Waals surface area contributed by atoms with Gasteiger partial charge in [-0.05, 0) is 31.0 Å². The number of carbonyl (C=O) groups is 1. The summed E-state index contributed by atoms with van der Waals surface area (Å²) >= 11 is 1.57. The molecule has 1 atom stereocenters. The van der Waals surface area contributed by atoms with Crippen molar-refractivity contribution >= 4 is 17.2 Å². The predicted octanol–water partition coefficient (Wildman–Crippen LogP) is 3.93. The average Bonchev–Trinajstić information content (AvgIpc) is 3.24. The van der Waals surface area contributed by atoms with Gasteiger partial charge in [0.05, 0.1) is 23.4 Å². The molecular weight excluding hydrogens is 320 g/mol. The number of furan rings is 1. The molecule has 3 aromatic rings. The number of nitrogens with zero attached hydrogens (tertiary/aromatic N) is 1. The number of aryl methyl sites for hydroxylation is 1. The molecule has 0 aliphatic rings. The summed E-state index contributed by atoms with van der Waals surface area (Å²) in [5, 5.41) is 5.91. The maximum Gasteiger partial charge on any atom is 0.226 e. The Bertz CT molecular complexity index is 766. The van der Waals surface area contributed by atoms with Crippen molar-refractivity contribution in [3.05, 3.63) is 76.1 Å². The van der Waals surface area contributed by atoms with E-state index in [0.29, 0.717) is 13.0 Å². The highest BCUT2D eigenvalue weighted by molar-refractivity contribution is 7.09. The lowest BCUT2D eigenvalue weighted by Gasteiger charge is -2.15. The van der Waals surface area contributed by atoms with Gasteiger partial charge in [0.15, 0.2) is 0 Å². The summed E-state index contributed by atoms with van der Waals surface area (Å²) in [5.74, 6) is 1.07. The smallest absolute Gasteiger partial charge is 0.226 e. The van der Waals surface area contributed by atoms with Gasteiger partial charge in [-0.15, -0.1) is 11.3 Å². The van der Waals surface area contributed by atoms with E-state index >= 15 is 0 Å². The van der Waals surface area contributed by atoms with E-state index in [9.17, 15) is 4.79 Å². The molecule has 2 aromatic heterocycles. The first kappa shape index (κ1) is 16.5. The monoisotopic (exact) mass is 340 g/mol. The van der Waals surface area contributed by atoms with Crippen LogP contribution in [-0.2, 0) is 11.2 Å². The second-order valence-electron chi connectivity index (χ2n) is 5.65. The molecule has 1 amide bonds. The summed E-state index contributed by atoms with van der Waals surface area (Å²) in [6.45, 7) is 2.54. The molecule has 0 radical (unpaired) electrons. The van der Waals surface area contributed by atoms with E-state index in [4.69, 9.17) is 4.42 Å². The third-order valence-corrected chi connectivity index (χ3v) is 4.67. The lowest BCUT2D eigenvalue weighted by molar-refractivity contribution is -0.120. The number of nitrogens with one attached hydrogen (secondary N) is 1. The van der Waals surface area contributed by atoms with Crippen LogP contribution < -0.4 is 5.32 Å². The van der Waals surface area contributed by atoms with Crippen LogP contribution in [0, 0.1) is 6.92 Å². The van der Waals surface area contributed by atoms with Gasteiger partial charge < -0.3 is 9.73 Å². The molecule has 0 unspecified atom stereocenters. The Kier molecular flexibility index (Phi) is 5.43. The Hall–Kier alpha value is -2.40. The molecular formula is C19H20N2O2S. The van der Waals surface area contributed by atoms with Gasteiger partial charge in [0.1, 0.15) is 5.76 Å². The quantitative estimate of drug-likeness (QED) is 0.709. The summed E-state index contributed by atoms with van der Waals surface area (Å²) in [6, 6.07) is 14.1. The Morgan fingerprint density at radius 3 is 2.75 bits per heavy atom. The minimum atomic E-state index is 0.00607. The molecule has 124 valence electrons. The van der Waals surface area contributed by atoms with Crippen molar-refractivity contribution in [2.75, 3.05) is 6.54 Å². The number of hydrogen-bond donors (Lipinski definition) is 1. The van der Waals surface area contributed by atoms with Crippen molar-refractivity contribution in [3.63, 3.8) is 0 Å². The molecule has 0 aliphatic carbocycles. The van der Waals surface area contributed by atoms with Crippen LogP contribution in [0.25, 0.3) is 0 Å². The van der Waals surface area contributed by atoms with Crippen LogP contribution >= 0.6 is 11.3 Å². The topological polar surface area (TPSA) is 55.1 Å². The third-order valence-electron chi connectivity index (χ3n) is 3.85. The second kappa shape index (κ2) is 7.93. The molecule has 0 bridgehead atoms. The molecule has 0 spiro atoms.